The minimum absolute atomic E-state index is 0.417. The highest BCUT2D eigenvalue weighted by Crippen LogP contribution is 2.37. The van der Waals surface area contributed by atoms with E-state index in [2.05, 4.69) is 0 Å². The molecule has 4 heteroatoms. The van der Waals surface area contributed by atoms with Gasteiger partial charge in [0.2, 0.25) is 0 Å². The van der Waals surface area contributed by atoms with Crippen molar-refractivity contribution in [1.29, 1.82) is 0 Å². The van der Waals surface area contributed by atoms with Gasteiger partial charge in [0.25, 0.3) is 5.91 Å². The van der Waals surface area contributed by atoms with Crippen LogP contribution >= 0.6 is 0 Å². The molecule has 0 radical (unpaired) electrons. The van der Waals surface area contributed by atoms with E-state index in [4.69, 9.17) is 9.10 Å². The van der Waals surface area contributed by atoms with E-state index >= 15 is 0 Å². The lowest BCUT2D eigenvalue weighted by atomic mass is 9.88. The summed E-state index contributed by atoms with van der Waals surface area (Å²) in [6, 6.07) is 12.9. The number of hydrogen-bond donors (Lipinski definition) is 0. The first-order valence-electron chi connectivity index (χ1n) is 8.85. The zero-order valence-electron chi connectivity index (χ0n) is 14.8. The molecule has 4 heterocycles. The standard InChI is InChI=1S/C18H15N3O/c1-20-15-9-11-5-4-6-12(16(11)18(20)22)10-21-14-8-3-2-7-13(14)19-17(15)21/h2-8,15H,9-10H2,1H3/i1D3. The van der Waals surface area contributed by atoms with Gasteiger partial charge in [-0.15, -0.1) is 0 Å². The zero-order chi connectivity index (χ0) is 17.3. The molecule has 3 aromatic rings. The average Bonchev–Trinajstić information content (AvgIpc) is 2.90. The minimum Gasteiger partial charge on any atom is -0.331 e. The molecule has 1 unspecified atom stereocenters. The fraction of sp³-hybridized carbons (Fsp3) is 0.222. The van der Waals surface area contributed by atoms with E-state index in [1.807, 2.05) is 47.0 Å². The number of carbonyl (C=O) groups is 1. The molecule has 3 aliphatic heterocycles. The average molecular weight is 292 g/mol. The van der Waals surface area contributed by atoms with Crippen LogP contribution in [0, 0.1) is 0 Å². The number of imidazole rings is 1. The summed E-state index contributed by atoms with van der Waals surface area (Å²) in [6.07, 6.45) is 0.469. The number of fused-ring (bicyclic) bond motifs is 2. The Hall–Kier alpha value is -2.62. The molecule has 0 N–H and O–H groups in total. The molecule has 1 amide bonds. The van der Waals surface area contributed by atoms with Crippen LogP contribution in [0.2, 0.25) is 0 Å². The van der Waals surface area contributed by atoms with Crippen molar-refractivity contribution in [1.82, 2.24) is 14.5 Å². The van der Waals surface area contributed by atoms with Crippen LogP contribution in [0.3, 0.4) is 0 Å². The first-order valence-corrected chi connectivity index (χ1v) is 7.35. The van der Waals surface area contributed by atoms with Crippen molar-refractivity contribution in [2.24, 2.45) is 0 Å². The predicted octanol–water partition coefficient (Wildman–Crippen LogP) is 2.77. The molecule has 0 aliphatic carbocycles. The van der Waals surface area contributed by atoms with Gasteiger partial charge in [0.1, 0.15) is 5.82 Å². The lowest BCUT2D eigenvalue weighted by Gasteiger charge is -2.37. The summed E-state index contributed by atoms with van der Waals surface area (Å²) < 4.78 is 25.8. The summed E-state index contributed by atoms with van der Waals surface area (Å²) in [5.41, 5.74) is 4.07. The molecule has 2 aromatic carbocycles. The maximum atomic E-state index is 13.0. The summed E-state index contributed by atoms with van der Waals surface area (Å²) in [7, 11) is 0. The van der Waals surface area contributed by atoms with Crippen molar-refractivity contribution in [3.63, 3.8) is 0 Å². The second-order valence-electron chi connectivity index (χ2n) is 5.89. The van der Waals surface area contributed by atoms with Gasteiger partial charge in [-0.1, -0.05) is 30.3 Å². The number of para-hydroxylation sites is 2. The molecule has 3 aliphatic rings. The van der Waals surface area contributed by atoms with E-state index in [0.717, 1.165) is 27.1 Å². The molecule has 1 aromatic heterocycles. The Morgan fingerprint density at radius 2 is 2.05 bits per heavy atom. The van der Waals surface area contributed by atoms with Crippen molar-refractivity contribution in [2.45, 2.75) is 19.0 Å². The molecular formula is C18H15N3O. The number of hydrogen-bond acceptors (Lipinski definition) is 2. The molecule has 6 rings (SSSR count). The first-order chi connectivity index (χ1) is 11.9. The van der Waals surface area contributed by atoms with Crippen LogP contribution in [0.4, 0.5) is 0 Å². The SMILES string of the molecule is [2H]C([2H])([2H])N1C(=O)c2c3cccc2Cn2c(nc4ccccc42)C1C3. The Labute approximate surface area is 132 Å². The van der Waals surface area contributed by atoms with Crippen LogP contribution in [-0.4, -0.2) is 27.3 Å². The molecular weight excluding hydrogens is 274 g/mol. The van der Waals surface area contributed by atoms with Crippen LogP contribution in [0.1, 0.15) is 37.5 Å². The highest BCUT2D eigenvalue weighted by atomic mass is 16.2. The lowest BCUT2D eigenvalue weighted by molar-refractivity contribution is 0.0688. The van der Waals surface area contributed by atoms with Gasteiger partial charge in [-0.05, 0) is 23.3 Å². The van der Waals surface area contributed by atoms with Crippen molar-refractivity contribution < 1.29 is 8.91 Å². The minimum atomic E-state index is -2.51. The highest BCUT2D eigenvalue weighted by Gasteiger charge is 2.37. The van der Waals surface area contributed by atoms with Crippen LogP contribution in [0.5, 0.6) is 0 Å². The number of amides is 1. The summed E-state index contributed by atoms with van der Waals surface area (Å²) in [5, 5.41) is 0. The van der Waals surface area contributed by atoms with Gasteiger partial charge in [-0.3, -0.25) is 4.79 Å². The zero-order valence-corrected chi connectivity index (χ0v) is 11.8. The van der Waals surface area contributed by atoms with Crippen LogP contribution in [0.15, 0.2) is 42.5 Å². The fourth-order valence-electron chi connectivity index (χ4n) is 3.68. The van der Waals surface area contributed by atoms with Crippen molar-refractivity contribution in [3.05, 3.63) is 65.0 Å². The molecule has 0 spiro atoms. The third-order valence-electron chi connectivity index (χ3n) is 4.71. The topological polar surface area (TPSA) is 38.1 Å². The van der Waals surface area contributed by atoms with E-state index in [9.17, 15) is 4.79 Å². The van der Waals surface area contributed by atoms with Gasteiger partial charge in [0, 0.05) is 23.1 Å². The Morgan fingerprint density at radius 3 is 2.95 bits per heavy atom. The molecule has 0 saturated heterocycles. The maximum absolute atomic E-state index is 13.0. The molecule has 4 nitrogen and oxygen atoms in total. The van der Waals surface area contributed by atoms with Crippen LogP contribution in [0.25, 0.3) is 11.0 Å². The van der Waals surface area contributed by atoms with Crippen LogP contribution < -0.4 is 0 Å². The predicted molar refractivity (Wildman–Crippen MR) is 83.8 cm³/mol. The van der Waals surface area contributed by atoms with E-state index in [-0.39, 0.29) is 0 Å². The largest absolute Gasteiger partial charge is 0.331 e. The van der Waals surface area contributed by atoms with Crippen molar-refractivity contribution in [2.75, 3.05) is 6.98 Å². The van der Waals surface area contributed by atoms with E-state index < -0.39 is 18.9 Å². The third kappa shape index (κ3) is 1.37. The van der Waals surface area contributed by atoms with Gasteiger partial charge in [-0.25, -0.2) is 4.98 Å². The summed E-state index contributed by atoms with van der Waals surface area (Å²) in [5.74, 6) is 0.225. The second kappa shape index (κ2) is 3.97. The number of benzene rings is 2. The first kappa shape index (κ1) is 9.41. The number of nitrogens with zero attached hydrogens (tertiary/aromatic N) is 3. The van der Waals surface area contributed by atoms with Gasteiger partial charge in [-0.2, -0.15) is 0 Å². The van der Waals surface area contributed by atoms with Gasteiger partial charge < -0.3 is 9.47 Å². The molecule has 22 heavy (non-hydrogen) atoms. The molecule has 108 valence electrons. The highest BCUT2D eigenvalue weighted by molar-refractivity contribution is 5.98. The molecule has 0 saturated carbocycles. The number of carbonyl (C=O) groups excluding carboxylic acids is 1. The van der Waals surface area contributed by atoms with E-state index in [1.165, 1.54) is 0 Å². The normalized spacial score (nSPS) is 21.8. The Balaban J connectivity index is 1.87. The Bertz CT molecular complexity index is 1040. The van der Waals surface area contributed by atoms with E-state index in [0.29, 0.717) is 24.4 Å². The summed E-state index contributed by atoms with van der Waals surface area (Å²) in [6.45, 7) is -1.98. The van der Waals surface area contributed by atoms with Crippen LogP contribution in [-0.2, 0) is 13.0 Å². The maximum Gasteiger partial charge on any atom is 0.254 e. The molecule has 1 atom stereocenters. The number of likely N-dealkylation sites (N-methyl/N-ethyl adjacent to an activating group) is 1. The third-order valence-corrected chi connectivity index (χ3v) is 4.71. The van der Waals surface area contributed by atoms with E-state index in [1.54, 1.807) is 0 Å². The van der Waals surface area contributed by atoms with Gasteiger partial charge in [0.15, 0.2) is 0 Å². The molecule has 4 bridgehead atoms. The number of rotatable bonds is 0. The van der Waals surface area contributed by atoms with Gasteiger partial charge >= 0.3 is 0 Å². The fourth-order valence-corrected chi connectivity index (χ4v) is 3.68. The lowest BCUT2D eigenvalue weighted by Crippen LogP contribution is -2.41. The van der Waals surface area contributed by atoms with Gasteiger partial charge in [0.05, 0.1) is 23.6 Å². The molecule has 0 fully saturated rings. The second-order valence-corrected chi connectivity index (χ2v) is 5.89. The number of aromatic nitrogens is 2. The summed E-state index contributed by atoms with van der Waals surface area (Å²) >= 11 is 0. The van der Waals surface area contributed by atoms with Crippen molar-refractivity contribution in [3.8, 4) is 0 Å². The summed E-state index contributed by atoms with van der Waals surface area (Å²) in [4.78, 5) is 18.8. The van der Waals surface area contributed by atoms with Crippen molar-refractivity contribution >= 4 is 16.9 Å². The quantitative estimate of drug-likeness (QED) is 0.639. The monoisotopic (exact) mass is 292 g/mol. The Morgan fingerprint density at radius 1 is 1.18 bits per heavy atom. The smallest absolute Gasteiger partial charge is 0.254 e. The Kier molecular flexibility index (Phi) is 1.70.